The normalized spacial score (nSPS) is 10.7. The molecule has 0 atom stereocenters. The molecule has 0 radical (unpaired) electrons. The Morgan fingerprint density at radius 3 is 2.11 bits per heavy atom. The first-order chi connectivity index (χ1) is 13.7. The van der Waals surface area contributed by atoms with Crippen molar-refractivity contribution in [1.82, 2.24) is 4.57 Å². The lowest BCUT2D eigenvalue weighted by atomic mass is 9.96. The van der Waals surface area contributed by atoms with Crippen molar-refractivity contribution in [1.29, 1.82) is 0 Å². The van der Waals surface area contributed by atoms with E-state index in [1.807, 2.05) is 36.4 Å². The molecule has 0 aliphatic rings. The van der Waals surface area contributed by atoms with Gasteiger partial charge in [0.05, 0.1) is 17.6 Å². The Morgan fingerprint density at radius 1 is 0.821 bits per heavy atom. The molecule has 4 nitrogen and oxygen atoms in total. The smallest absolute Gasteiger partial charge is 0.263 e. The molecule has 0 saturated heterocycles. The number of carbonyl (C=O) groups is 2. The van der Waals surface area contributed by atoms with E-state index in [0.29, 0.717) is 29.3 Å². The number of benzene rings is 3. The quantitative estimate of drug-likeness (QED) is 0.394. The molecule has 0 fully saturated rings. The molecule has 3 aromatic carbocycles. The number of para-hydroxylation sites is 1. The average molecular weight is 367 g/mol. The Morgan fingerprint density at radius 2 is 1.43 bits per heavy atom. The van der Waals surface area contributed by atoms with Gasteiger partial charge in [0, 0.05) is 16.5 Å². The molecule has 4 rings (SSSR count). The third-order valence-electron chi connectivity index (χ3n) is 4.78. The summed E-state index contributed by atoms with van der Waals surface area (Å²) in [7, 11) is 0. The van der Waals surface area contributed by atoms with Crippen molar-refractivity contribution >= 4 is 23.0 Å². The summed E-state index contributed by atoms with van der Waals surface area (Å²) in [6, 6.07) is 25.3. The molecule has 0 unspecified atom stereocenters. The summed E-state index contributed by atoms with van der Waals surface area (Å²) < 4.78 is 1.56. The fraction of sp³-hybridized carbons (Fsp3) is 0.0417. The number of ketones is 1. The molecule has 0 N–H and O–H groups in total. The molecule has 0 bridgehead atoms. The Bertz CT molecular complexity index is 1230. The number of carbonyl (C=O) groups excluding carboxylic acids is 2. The van der Waals surface area contributed by atoms with Gasteiger partial charge in [-0.3, -0.25) is 14.4 Å². The second kappa shape index (κ2) is 7.45. The van der Waals surface area contributed by atoms with Crippen molar-refractivity contribution in [3.05, 3.63) is 118 Å². The van der Waals surface area contributed by atoms with Crippen LogP contribution in [0, 0.1) is 0 Å². The summed E-state index contributed by atoms with van der Waals surface area (Å²) in [4.78, 5) is 38.4. The first-order valence-corrected chi connectivity index (χ1v) is 8.95. The van der Waals surface area contributed by atoms with Gasteiger partial charge in [-0.15, -0.1) is 0 Å². The number of fused-ring (bicyclic) bond motifs is 1. The highest BCUT2D eigenvalue weighted by atomic mass is 16.1. The van der Waals surface area contributed by atoms with Gasteiger partial charge >= 0.3 is 0 Å². The van der Waals surface area contributed by atoms with Crippen LogP contribution in [0.25, 0.3) is 10.9 Å². The molecule has 0 saturated carbocycles. The lowest BCUT2D eigenvalue weighted by Crippen LogP contribution is -2.29. The van der Waals surface area contributed by atoms with Gasteiger partial charge in [0.1, 0.15) is 0 Å². The molecule has 0 amide bonds. The average Bonchev–Trinajstić information content (AvgIpc) is 2.76. The van der Waals surface area contributed by atoms with Crippen molar-refractivity contribution in [3.63, 3.8) is 0 Å². The van der Waals surface area contributed by atoms with Crippen molar-refractivity contribution < 1.29 is 9.59 Å². The van der Waals surface area contributed by atoms with Crippen LogP contribution in [-0.4, -0.2) is 16.6 Å². The Kier molecular flexibility index (Phi) is 4.68. The van der Waals surface area contributed by atoms with E-state index in [4.69, 9.17) is 0 Å². The fourth-order valence-electron chi connectivity index (χ4n) is 3.43. The SMILES string of the molecule is O=Cc1c(C(=O)c2ccccc2)c(=O)n(Cc2ccccc2)c2ccccc12. The molecule has 0 aliphatic carbocycles. The zero-order chi connectivity index (χ0) is 19.5. The second-order valence-corrected chi connectivity index (χ2v) is 6.50. The minimum atomic E-state index is -0.460. The summed E-state index contributed by atoms with van der Waals surface area (Å²) >= 11 is 0. The summed E-state index contributed by atoms with van der Waals surface area (Å²) in [5.41, 5.74) is 1.53. The number of nitrogens with zero attached hydrogens (tertiary/aromatic N) is 1. The molecule has 1 heterocycles. The predicted molar refractivity (Wildman–Crippen MR) is 109 cm³/mol. The fourth-order valence-corrected chi connectivity index (χ4v) is 3.43. The predicted octanol–water partition coefficient (Wildman–Crippen LogP) is 4.09. The van der Waals surface area contributed by atoms with Gasteiger partial charge in [-0.05, 0) is 11.6 Å². The second-order valence-electron chi connectivity index (χ2n) is 6.50. The van der Waals surface area contributed by atoms with Gasteiger partial charge in [-0.1, -0.05) is 78.9 Å². The molecule has 4 aromatic rings. The standard InChI is InChI=1S/C24H17NO3/c26-16-20-19-13-7-8-14-21(19)25(15-17-9-3-1-4-10-17)24(28)22(20)23(27)18-11-5-2-6-12-18/h1-14,16H,15H2. The molecule has 0 aliphatic heterocycles. The van der Waals surface area contributed by atoms with E-state index in [9.17, 15) is 14.4 Å². The Labute approximate surface area is 161 Å². The van der Waals surface area contributed by atoms with Crippen molar-refractivity contribution in [3.8, 4) is 0 Å². The van der Waals surface area contributed by atoms with Crippen LogP contribution in [0.5, 0.6) is 0 Å². The largest absolute Gasteiger partial charge is 0.303 e. The molecule has 0 spiro atoms. The molecule has 1 aromatic heterocycles. The van der Waals surface area contributed by atoms with Crippen LogP contribution in [0.4, 0.5) is 0 Å². The van der Waals surface area contributed by atoms with Crippen LogP contribution < -0.4 is 5.56 Å². The monoisotopic (exact) mass is 367 g/mol. The Hall–Kier alpha value is -3.79. The number of aromatic nitrogens is 1. The van der Waals surface area contributed by atoms with Gasteiger partial charge in [-0.2, -0.15) is 0 Å². The van der Waals surface area contributed by atoms with Gasteiger partial charge in [-0.25, -0.2) is 0 Å². The molecular weight excluding hydrogens is 350 g/mol. The molecule has 136 valence electrons. The highest BCUT2D eigenvalue weighted by Crippen LogP contribution is 2.21. The zero-order valence-corrected chi connectivity index (χ0v) is 15.0. The Balaban J connectivity index is 2.02. The lowest BCUT2D eigenvalue weighted by Gasteiger charge is -2.15. The van der Waals surface area contributed by atoms with E-state index in [-0.39, 0.29) is 11.1 Å². The third kappa shape index (κ3) is 3.05. The number of pyridine rings is 1. The van der Waals surface area contributed by atoms with E-state index in [0.717, 1.165) is 5.56 Å². The minimum Gasteiger partial charge on any atom is -0.303 e. The van der Waals surface area contributed by atoms with Crippen LogP contribution in [0.3, 0.4) is 0 Å². The van der Waals surface area contributed by atoms with Gasteiger partial charge in [0.2, 0.25) is 0 Å². The summed E-state index contributed by atoms with van der Waals surface area (Å²) in [6.07, 6.45) is 0.604. The van der Waals surface area contributed by atoms with E-state index in [1.54, 1.807) is 53.1 Å². The van der Waals surface area contributed by atoms with Gasteiger partial charge < -0.3 is 4.57 Å². The van der Waals surface area contributed by atoms with Gasteiger partial charge in [0.15, 0.2) is 12.1 Å². The van der Waals surface area contributed by atoms with Crippen molar-refractivity contribution in [2.45, 2.75) is 6.54 Å². The van der Waals surface area contributed by atoms with E-state index >= 15 is 0 Å². The zero-order valence-electron chi connectivity index (χ0n) is 15.0. The number of rotatable bonds is 5. The van der Waals surface area contributed by atoms with Crippen molar-refractivity contribution in [2.24, 2.45) is 0 Å². The van der Waals surface area contributed by atoms with E-state index in [2.05, 4.69) is 0 Å². The van der Waals surface area contributed by atoms with Crippen LogP contribution >= 0.6 is 0 Å². The van der Waals surface area contributed by atoms with Crippen LogP contribution in [0.1, 0.15) is 31.8 Å². The maximum Gasteiger partial charge on any atom is 0.263 e. The first kappa shape index (κ1) is 17.6. The number of hydrogen-bond donors (Lipinski definition) is 0. The molecule has 4 heteroatoms. The van der Waals surface area contributed by atoms with Crippen LogP contribution in [0.15, 0.2) is 89.7 Å². The van der Waals surface area contributed by atoms with E-state index in [1.165, 1.54) is 0 Å². The highest BCUT2D eigenvalue weighted by Gasteiger charge is 2.23. The lowest BCUT2D eigenvalue weighted by molar-refractivity contribution is 0.102. The third-order valence-corrected chi connectivity index (χ3v) is 4.78. The first-order valence-electron chi connectivity index (χ1n) is 8.95. The number of aldehydes is 1. The van der Waals surface area contributed by atoms with Crippen LogP contribution in [0.2, 0.25) is 0 Å². The maximum absolute atomic E-state index is 13.4. The number of hydrogen-bond acceptors (Lipinski definition) is 3. The summed E-state index contributed by atoms with van der Waals surface area (Å²) in [6.45, 7) is 0.314. The van der Waals surface area contributed by atoms with E-state index < -0.39 is 11.3 Å². The van der Waals surface area contributed by atoms with Crippen molar-refractivity contribution in [2.75, 3.05) is 0 Å². The molecular formula is C24H17NO3. The van der Waals surface area contributed by atoms with Crippen LogP contribution in [-0.2, 0) is 6.54 Å². The highest BCUT2D eigenvalue weighted by molar-refractivity contribution is 6.16. The summed E-state index contributed by atoms with van der Waals surface area (Å²) in [5, 5.41) is 0.590. The minimum absolute atomic E-state index is 0.0872. The molecule has 28 heavy (non-hydrogen) atoms. The summed E-state index contributed by atoms with van der Waals surface area (Å²) in [5.74, 6) is -0.444. The van der Waals surface area contributed by atoms with Gasteiger partial charge in [0.25, 0.3) is 5.56 Å². The topological polar surface area (TPSA) is 56.1 Å². The maximum atomic E-state index is 13.4.